The fourth-order valence-electron chi connectivity index (χ4n) is 1.85. The third kappa shape index (κ3) is 6.07. The Hall–Kier alpha value is -2.38. The molecule has 0 aliphatic carbocycles. The summed E-state index contributed by atoms with van der Waals surface area (Å²) in [6, 6.07) is 0. The van der Waals surface area contributed by atoms with Crippen LogP contribution in [-0.4, -0.2) is 39.7 Å². The molecule has 0 spiro atoms. The molecule has 116 valence electrons. The Morgan fingerprint density at radius 3 is 2.52 bits per heavy atom. The molecule has 1 rings (SSSR count). The van der Waals surface area contributed by atoms with Crippen molar-refractivity contribution in [2.24, 2.45) is 5.41 Å². The van der Waals surface area contributed by atoms with Gasteiger partial charge in [0.05, 0.1) is 18.3 Å². The van der Waals surface area contributed by atoms with E-state index in [2.05, 4.69) is 15.7 Å². The number of hydrogen-bond acceptors (Lipinski definition) is 4. The van der Waals surface area contributed by atoms with Gasteiger partial charge in [0, 0.05) is 19.7 Å². The lowest BCUT2D eigenvalue weighted by Crippen LogP contribution is -2.25. The quantitative estimate of drug-likeness (QED) is 0.676. The fraction of sp³-hybridized carbons (Fsp3) is 0.538. The maximum Gasteiger partial charge on any atom is 0.303 e. The van der Waals surface area contributed by atoms with E-state index in [4.69, 9.17) is 5.11 Å². The van der Waals surface area contributed by atoms with E-state index in [0.29, 0.717) is 5.69 Å². The molecular weight excluding hydrogens is 276 g/mol. The van der Waals surface area contributed by atoms with Crippen LogP contribution in [0.4, 0.5) is 5.69 Å². The minimum atomic E-state index is -0.939. The van der Waals surface area contributed by atoms with Gasteiger partial charge in [0.1, 0.15) is 6.54 Å². The molecule has 2 amide bonds. The summed E-state index contributed by atoms with van der Waals surface area (Å²) in [7, 11) is 1.53. The van der Waals surface area contributed by atoms with Crippen LogP contribution in [0.1, 0.15) is 26.7 Å². The van der Waals surface area contributed by atoms with Crippen LogP contribution in [0.2, 0.25) is 0 Å². The zero-order valence-electron chi connectivity index (χ0n) is 12.3. The topological polar surface area (TPSA) is 113 Å². The summed E-state index contributed by atoms with van der Waals surface area (Å²) >= 11 is 0. The van der Waals surface area contributed by atoms with Gasteiger partial charge in [-0.2, -0.15) is 5.10 Å². The smallest absolute Gasteiger partial charge is 0.303 e. The van der Waals surface area contributed by atoms with Crippen LogP contribution in [0.5, 0.6) is 0 Å². The van der Waals surface area contributed by atoms with Gasteiger partial charge >= 0.3 is 5.97 Å². The minimum Gasteiger partial charge on any atom is -0.481 e. The Morgan fingerprint density at radius 2 is 1.95 bits per heavy atom. The molecule has 1 aromatic heterocycles. The van der Waals surface area contributed by atoms with Gasteiger partial charge in [0.15, 0.2) is 0 Å². The van der Waals surface area contributed by atoms with Gasteiger partial charge in [-0.05, 0) is 5.41 Å². The highest BCUT2D eigenvalue weighted by atomic mass is 16.4. The standard InChI is InChI=1S/C13H20N4O4/c1-13(2,5-12(20)21)4-10(18)16-9-6-15-17(7-9)8-11(19)14-3/h6-7H,4-5,8H2,1-3H3,(H,14,19)(H,16,18)(H,20,21). The van der Waals surface area contributed by atoms with Crippen LogP contribution < -0.4 is 10.6 Å². The normalized spacial score (nSPS) is 11.0. The number of aromatic nitrogens is 2. The van der Waals surface area contributed by atoms with Crippen molar-refractivity contribution in [3.8, 4) is 0 Å². The summed E-state index contributed by atoms with van der Waals surface area (Å²) in [4.78, 5) is 33.8. The highest BCUT2D eigenvalue weighted by Crippen LogP contribution is 2.25. The molecule has 21 heavy (non-hydrogen) atoms. The summed E-state index contributed by atoms with van der Waals surface area (Å²) in [5.41, 5.74) is -0.163. The van der Waals surface area contributed by atoms with Crippen molar-refractivity contribution in [3.05, 3.63) is 12.4 Å². The fourth-order valence-corrected chi connectivity index (χ4v) is 1.85. The number of nitrogens with one attached hydrogen (secondary N) is 2. The highest BCUT2D eigenvalue weighted by molar-refractivity contribution is 5.91. The lowest BCUT2D eigenvalue weighted by molar-refractivity contribution is -0.139. The molecule has 8 heteroatoms. The number of carboxylic acids is 1. The van der Waals surface area contributed by atoms with E-state index in [-0.39, 0.29) is 31.2 Å². The summed E-state index contributed by atoms with van der Waals surface area (Å²) in [5, 5.41) is 17.8. The average molecular weight is 296 g/mol. The predicted molar refractivity (Wildman–Crippen MR) is 75.6 cm³/mol. The first-order valence-electron chi connectivity index (χ1n) is 6.46. The van der Waals surface area contributed by atoms with Crippen molar-refractivity contribution in [2.75, 3.05) is 12.4 Å². The zero-order valence-corrected chi connectivity index (χ0v) is 12.3. The van der Waals surface area contributed by atoms with E-state index < -0.39 is 11.4 Å². The monoisotopic (exact) mass is 296 g/mol. The largest absolute Gasteiger partial charge is 0.481 e. The van der Waals surface area contributed by atoms with Crippen LogP contribution in [0, 0.1) is 5.41 Å². The van der Waals surface area contributed by atoms with Gasteiger partial charge in [0.25, 0.3) is 0 Å². The number of nitrogens with zero attached hydrogens (tertiary/aromatic N) is 2. The number of carbonyl (C=O) groups excluding carboxylic acids is 2. The van der Waals surface area contributed by atoms with E-state index in [9.17, 15) is 14.4 Å². The second kappa shape index (κ2) is 6.87. The van der Waals surface area contributed by atoms with Crippen molar-refractivity contribution in [2.45, 2.75) is 33.2 Å². The Bertz CT molecular complexity index is 536. The number of aliphatic carboxylic acids is 1. The van der Waals surface area contributed by atoms with Crippen LogP contribution in [0.15, 0.2) is 12.4 Å². The van der Waals surface area contributed by atoms with Gasteiger partial charge in [-0.1, -0.05) is 13.8 Å². The first-order chi connectivity index (χ1) is 9.71. The molecule has 0 bridgehead atoms. The molecule has 3 N–H and O–H groups in total. The van der Waals surface area contributed by atoms with Crippen molar-refractivity contribution in [3.63, 3.8) is 0 Å². The number of carboxylic acid groups (broad SMARTS) is 1. The number of hydrogen-bond donors (Lipinski definition) is 3. The Morgan fingerprint density at radius 1 is 1.29 bits per heavy atom. The molecule has 1 aromatic rings. The molecule has 0 aliphatic rings. The SMILES string of the molecule is CNC(=O)Cn1cc(NC(=O)CC(C)(C)CC(=O)O)cn1. The summed E-state index contributed by atoms with van der Waals surface area (Å²) in [6.45, 7) is 3.50. The molecule has 0 unspecified atom stereocenters. The zero-order chi connectivity index (χ0) is 16.0. The number of anilines is 1. The lowest BCUT2D eigenvalue weighted by atomic mass is 9.85. The van der Waals surface area contributed by atoms with Crippen LogP contribution >= 0.6 is 0 Å². The van der Waals surface area contributed by atoms with Gasteiger partial charge < -0.3 is 15.7 Å². The van der Waals surface area contributed by atoms with Crippen LogP contribution in [0.3, 0.4) is 0 Å². The van der Waals surface area contributed by atoms with Crippen LogP contribution in [-0.2, 0) is 20.9 Å². The number of rotatable bonds is 7. The molecule has 0 radical (unpaired) electrons. The Labute approximate surface area is 122 Å². The minimum absolute atomic E-state index is 0.0663. The first kappa shape index (κ1) is 16.7. The second-order valence-electron chi connectivity index (χ2n) is 5.56. The van der Waals surface area contributed by atoms with Crippen molar-refractivity contribution < 1.29 is 19.5 Å². The molecule has 0 aromatic carbocycles. The van der Waals surface area contributed by atoms with Gasteiger partial charge in [-0.25, -0.2) is 0 Å². The Kier molecular flexibility index (Phi) is 5.45. The molecule has 0 fully saturated rings. The summed E-state index contributed by atoms with van der Waals surface area (Å²) in [5.74, 6) is -1.43. The third-order valence-electron chi connectivity index (χ3n) is 2.77. The number of likely N-dealkylation sites (N-methyl/N-ethyl adjacent to an activating group) is 1. The maximum absolute atomic E-state index is 11.9. The first-order valence-corrected chi connectivity index (χ1v) is 6.46. The van der Waals surface area contributed by atoms with E-state index in [1.165, 1.54) is 24.1 Å². The second-order valence-corrected chi connectivity index (χ2v) is 5.56. The number of amides is 2. The molecular formula is C13H20N4O4. The molecule has 0 atom stereocenters. The maximum atomic E-state index is 11.9. The lowest BCUT2D eigenvalue weighted by Gasteiger charge is -2.21. The van der Waals surface area contributed by atoms with E-state index in [0.717, 1.165) is 0 Å². The van der Waals surface area contributed by atoms with Gasteiger partial charge in [-0.15, -0.1) is 0 Å². The molecule has 0 saturated heterocycles. The Balaban J connectivity index is 2.55. The summed E-state index contributed by atoms with van der Waals surface area (Å²) < 4.78 is 1.40. The van der Waals surface area contributed by atoms with Crippen molar-refractivity contribution in [1.29, 1.82) is 0 Å². The van der Waals surface area contributed by atoms with E-state index in [1.807, 2.05) is 0 Å². The van der Waals surface area contributed by atoms with Gasteiger partial charge in [-0.3, -0.25) is 19.1 Å². The van der Waals surface area contributed by atoms with Crippen molar-refractivity contribution >= 4 is 23.5 Å². The summed E-state index contributed by atoms with van der Waals surface area (Å²) in [6.07, 6.45) is 2.97. The van der Waals surface area contributed by atoms with Gasteiger partial charge in [0.2, 0.25) is 11.8 Å². The molecule has 1 heterocycles. The average Bonchev–Trinajstić information content (AvgIpc) is 2.73. The molecule has 8 nitrogen and oxygen atoms in total. The number of carbonyl (C=O) groups is 3. The molecule has 0 aliphatic heterocycles. The third-order valence-corrected chi connectivity index (χ3v) is 2.77. The van der Waals surface area contributed by atoms with E-state index >= 15 is 0 Å². The predicted octanol–water partition coefficient (Wildman–Crippen LogP) is 0.459. The highest BCUT2D eigenvalue weighted by Gasteiger charge is 2.25. The van der Waals surface area contributed by atoms with E-state index in [1.54, 1.807) is 13.8 Å². The van der Waals surface area contributed by atoms with Crippen LogP contribution in [0.25, 0.3) is 0 Å². The molecule has 0 saturated carbocycles. The van der Waals surface area contributed by atoms with Crippen molar-refractivity contribution in [1.82, 2.24) is 15.1 Å².